The lowest BCUT2D eigenvalue weighted by Crippen LogP contribution is -2.51. The van der Waals surface area contributed by atoms with Crippen molar-refractivity contribution in [3.05, 3.63) is 18.2 Å². The van der Waals surface area contributed by atoms with Gasteiger partial charge in [-0.15, -0.1) is 0 Å². The van der Waals surface area contributed by atoms with Gasteiger partial charge in [0.15, 0.2) is 0 Å². The normalized spacial score (nSPS) is 12.8. The number of nitrogens with two attached hydrogens (primary N) is 1. The van der Waals surface area contributed by atoms with E-state index in [-0.39, 0.29) is 19.3 Å². The van der Waals surface area contributed by atoms with E-state index in [1.54, 1.807) is 0 Å². The summed E-state index contributed by atoms with van der Waals surface area (Å²) in [6, 6.07) is -2.43. The highest BCUT2D eigenvalue weighted by Crippen LogP contribution is 2.02. The first kappa shape index (κ1) is 21.1. The molecule has 1 rings (SSSR count). The number of hydrogen-bond acceptors (Lipinski definition) is 7. The molecule has 0 aliphatic heterocycles. The number of aliphatic carboxylic acids is 2. The molecule has 144 valence electrons. The maximum Gasteiger partial charge on any atom is 0.326 e. The molecule has 1 amide bonds. The van der Waals surface area contributed by atoms with Gasteiger partial charge in [0.1, 0.15) is 18.7 Å². The smallest absolute Gasteiger partial charge is 0.326 e. The monoisotopic (exact) mass is 370 g/mol. The minimum absolute atomic E-state index is 0.00282. The zero-order valence-electron chi connectivity index (χ0n) is 14.0. The van der Waals surface area contributed by atoms with Crippen molar-refractivity contribution in [3.63, 3.8) is 0 Å². The van der Waals surface area contributed by atoms with Crippen LogP contribution in [0.25, 0.3) is 0 Å². The average molecular weight is 370 g/mol. The third kappa shape index (κ3) is 8.24. The molecule has 1 heterocycles. The van der Waals surface area contributed by atoms with Crippen LogP contribution in [0.3, 0.4) is 0 Å². The van der Waals surface area contributed by atoms with Crippen molar-refractivity contribution >= 4 is 23.8 Å². The third-order valence-electron chi connectivity index (χ3n) is 3.38. The van der Waals surface area contributed by atoms with Crippen molar-refractivity contribution in [2.45, 2.75) is 44.2 Å². The predicted octanol–water partition coefficient (Wildman–Crippen LogP) is -0.963. The summed E-state index contributed by atoms with van der Waals surface area (Å²) in [6.45, 7) is -0.403. The highest BCUT2D eigenvalue weighted by atomic mass is 16.5. The first-order valence-corrected chi connectivity index (χ1v) is 7.93. The van der Waals surface area contributed by atoms with Crippen molar-refractivity contribution in [2.24, 2.45) is 5.73 Å². The maximum atomic E-state index is 12.0. The Morgan fingerprint density at radius 1 is 1.23 bits per heavy atom. The van der Waals surface area contributed by atoms with Crippen molar-refractivity contribution in [2.75, 3.05) is 6.61 Å². The van der Waals surface area contributed by atoms with Crippen molar-refractivity contribution < 1.29 is 34.1 Å². The Morgan fingerprint density at radius 2 is 1.92 bits per heavy atom. The van der Waals surface area contributed by atoms with Gasteiger partial charge in [0.05, 0.1) is 6.33 Å². The highest BCUT2D eigenvalue weighted by Gasteiger charge is 2.24. The van der Waals surface area contributed by atoms with Gasteiger partial charge in [0.2, 0.25) is 5.91 Å². The van der Waals surface area contributed by atoms with Crippen molar-refractivity contribution in [1.82, 2.24) is 15.3 Å². The number of unbranched alkanes of at least 4 members (excludes halogenated alkanes) is 1. The molecular weight excluding hydrogens is 348 g/mol. The van der Waals surface area contributed by atoms with Crippen LogP contribution < -0.4 is 11.1 Å². The first-order chi connectivity index (χ1) is 12.3. The zero-order chi connectivity index (χ0) is 19.5. The van der Waals surface area contributed by atoms with E-state index in [2.05, 4.69) is 15.3 Å². The van der Waals surface area contributed by atoms with Gasteiger partial charge in [-0.2, -0.15) is 0 Å². The number of aromatic amines is 1. The lowest BCUT2D eigenvalue weighted by Gasteiger charge is -2.17. The van der Waals surface area contributed by atoms with E-state index in [4.69, 9.17) is 20.7 Å². The minimum atomic E-state index is -1.24. The number of rotatable bonds is 12. The van der Waals surface area contributed by atoms with E-state index in [9.17, 15) is 19.2 Å². The van der Waals surface area contributed by atoms with Crippen LogP contribution in [0.2, 0.25) is 0 Å². The molecule has 11 nitrogen and oxygen atoms in total. The molecule has 0 aliphatic carbocycles. The number of carboxylic acids is 2. The van der Waals surface area contributed by atoms with Gasteiger partial charge in [0.25, 0.3) is 0 Å². The van der Waals surface area contributed by atoms with Gasteiger partial charge in [-0.25, -0.2) is 9.78 Å². The van der Waals surface area contributed by atoms with Gasteiger partial charge in [-0.05, 0) is 12.8 Å². The van der Waals surface area contributed by atoms with Crippen LogP contribution in [0.4, 0.5) is 0 Å². The molecular formula is C15H22N4O7. The molecule has 0 saturated carbocycles. The largest absolute Gasteiger partial charge is 0.481 e. The molecule has 1 aromatic heterocycles. The van der Waals surface area contributed by atoms with Gasteiger partial charge in [-0.3, -0.25) is 14.4 Å². The molecule has 0 radical (unpaired) electrons. The summed E-state index contributed by atoms with van der Waals surface area (Å²) in [5, 5.41) is 19.9. The number of hydrogen-bond donors (Lipinski definition) is 5. The SMILES string of the molecule is N[C@H](COC(=O)CCCCC(=O)O)C(=O)N[C@@H](Cc1cnc[nH]1)C(=O)O. The molecule has 0 unspecified atom stereocenters. The van der Waals surface area contributed by atoms with E-state index in [1.165, 1.54) is 12.5 Å². The number of ether oxygens (including phenoxy) is 1. The third-order valence-corrected chi connectivity index (χ3v) is 3.38. The summed E-state index contributed by atoms with van der Waals surface area (Å²) in [7, 11) is 0. The van der Waals surface area contributed by atoms with Crippen LogP contribution in [-0.4, -0.2) is 62.7 Å². The summed E-state index contributed by atoms with van der Waals surface area (Å²) < 4.78 is 4.84. The first-order valence-electron chi connectivity index (χ1n) is 7.93. The number of carbonyl (C=O) groups is 4. The second-order valence-electron chi connectivity index (χ2n) is 5.57. The molecule has 1 aromatic rings. The summed E-state index contributed by atoms with van der Waals surface area (Å²) in [6.07, 6.45) is 3.48. The van der Waals surface area contributed by atoms with Crippen LogP contribution in [0.5, 0.6) is 0 Å². The Hall–Kier alpha value is -2.95. The van der Waals surface area contributed by atoms with Gasteiger partial charge >= 0.3 is 17.9 Å². The number of carbonyl (C=O) groups excluding carboxylic acids is 2. The highest BCUT2D eigenvalue weighted by molar-refractivity contribution is 5.87. The summed E-state index contributed by atoms with van der Waals surface area (Å²) in [5.74, 6) is -3.56. The topological polar surface area (TPSA) is 185 Å². The number of esters is 1. The number of H-pyrrole nitrogens is 1. The Labute approximate surface area is 148 Å². The quantitative estimate of drug-likeness (QED) is 0.228. The Bertz CT molecular complexity index is 618. The van der Waals surface area contributed by atoms with Crippen LogP contribution >= 0.6 is 0 Å². The van der Waals surface area contributed by atoms with Crippen LogP contribution in [0.1, 0.15) is 31.4 Å². The molecule has 26 heavy (non-hydrogen) atoms. The maximum absolute atomic E-state index is 12.0. The Balaban J connectivity index is 2.34. The molecule has 11 heteroatoms. The number of nitrogens with one attached hydrogen (secondary N) is 2. The molecule has 0 spiro atoms. The van der Waals surface area contributed by atoms with Crippen LogP contribution in [-0.2, 0) is 30.3 Å². The van der Waals surface area contributed by atoms with Gasteiger partial charge < -0.3 is 31.0 Å². The molecule has 0 saturated heterocycles. The fraction of sp³-hybridized carbons (Fsp3) is 0.533. The number of carboxylic acid groups (broad SMARTS) is 2. The molecule has 0 aromatic carbocycles. The number of imidazole rings is 1. The van der Waals surface area contributed by atoms with Crippen LogP contribution in [0, 0.1) is 0 Å². The molecule has 0 fully saturated rings. The van der Waals surface area contributed by atoms with E-state index >= 15 is 0 Å². The van der Waals surface area contributed by atoms with Crippen molar-refractivity contribution in [1.29, 1.82) is 0 Å². The number of nitrogens with zero attached hydrogens (tertiary/aromatic N) is 1. The molecule has 0 bridgehead atoms. The predicted molar refractivity (Wildman–Crippen MR) is 86.9 cm³/mol. The van der Waals surface area contributed by atoms with Gasteiger partial charge in [0, 0.05) is 31.2 Å². The lowest BCUT2D eigenvalue weighted by atomic mass is 10.1. The lowest BCUT2D eigenvalue weighted by molar-refractivity contribution is -0.147. The van der Waals surface area contributed by atoms with Crippen LogP contribution in [0.15, 0.2) is 12.5 Å². The summed E-state index contributed by atoms with van der Waals surface area (Å²) in [5.41, 5.74) is 6.13. The average Bonchev–Trinajstić information content (AvgIpc) is 3.08. The van der Waals surface area contributed by atoms with E-state index in [0.29, 0.717) is 18.5 Å². The van der Waals surface area contributed by atoms with E-state index in [1.807, 2.05) is 0 Å². The van der Waals surface area contributed by atoms with Gasteiger partial charge in [-0.1, -0.05) is 0 Å². The number of aromatic nitrogens is 2. The van der Waals surface area contributed by atoms with Crippen molar-refractivity contribution in [3.8, 4) is 0 Å². The van der Waals surface area contributed by atoms with E-state index < -0.39 is 42.5 Å². The standard InChI is InChI=1S/C15H22N4O7/c16-10(7-26-13(22)4-2-1-3-12(20)21)14(23)19-11(15(24)25)5-9-6-17-8-18-9/h6,8,10-11H,1-5,7,16H2,(H,17,18)(H,19,23)(H,20,21)(H,24,25)/t10-,11+/m1/s1. The second kappa shape index (κ2) is 10.8. The Morgan fingerprint density at radius 3 is 2.50 bits per heavy atom. The Kier molecular flexibility index (Phi) is 8.78. The van der Waals surface area contributed by atoms with E-state index in [0.717, 1.165) is 0 Å². The second-order valence-corrected chi connectivity index (χ2v) is 5.57. The molecule has 0 aliphatic rings. The minimum Gasteiger partial charge on any atom is -0.481 e. The fourth-order valence-electron chi connectivity index (χ4n) is 1.97. The molecule has 6 N–H and O–H groups in total. The zero-order valence-corrected chi connectivity index (χ0v) is 14.0. The fourth-order valence-corrected chi connectivity index (χ4v) is 1.97. The number of amides is 1. The molecule has 2 atom stereocenters. The summed E-state index contributed by atoms with van der Waals surface area (Å²) >= 11 is 0. The summed E-state index contributed by atoms with van der Waals surface area (Å²) in [4.78, 5) is 51.5.